The van der Waals surface area contributed by atoms with Crippen LogP contribution in [-0.4, -0.2) is 29.5 Å². The van der Waals surface area contributed by atoms with Gasteiger partial charge in [-0.25, -0.2) is 5.43 Å². The molecule has 0 atom stereocenters. The Morgan fingerprint density at radius 1 is 1.34 bits per heavy atom. The number of aromatic hydroxyl groups is 1. The molecule has 0 bridgehead atoms. The van der Waals surface area contributed by atoms with Crippen LogP contribution >= 0.6 is 11.3 Å². The number of aryl methyl sites for hydroxylation is 2. The molecule has 1 amide bonds. The van der Waals surface area contributed by atoms with Crippen LogP contribution in [0.15, 0.2) is 44.3 Å². The number of phenols is 1. The number of fused-ring (bicyclic) bond motifs is 3. The molecule has 1 aromatic carbocycles. The fourth-order valence-electron chi connectivity index (χ4n) is 3.42. The van der Waals surface area contributed by atoms with Crippen molar-refractivity contribution in [3.63, 3.8) is 0 Å². The van der Waals surface area contributed by atoms with Gasteiger partial charge in [-0.05, 0) is 49.8 Å². The number of thiophene rings is 1. The van der Waals surface area contributed by atoms with E-state index in [1.165, 1.54) is 6.21 Å². The van der Waals surface area contributed by atoms with Crippen LogP contribution in [0.3, 0.4) is 0 Å². The summed E-state index contributed by atoms with van der Waals surface area (Å²) in [4.78, 5) is 18.0. The van der Waals surface area contributed by atoms with Gasteiger partial charge in [0.25, 0.3) is 5.91 Å². The summed E-state index contributed by atoms with van der Waals surface area (Å²) >= 11 is 1.55. The highest BCUT2D eigenvalue weighted by Gasteiger charge is 2.21. The molecule has 8 heteroatoms. The van der Waals surface area contributed by atoms with Crippen LogP contribution in [0.25, 0.3) is 11.0 Å². The number of benzene rings is 1. The smallest absolute Gasteiger partial charge is 0.280 e. The number of phenolic OH excluding ortho intramolecular Hbond substituents is 1. The van der Waals surface area contributed by atoms with E-state index in [-0.39, 0.29) is 12.4 Å². The van der Waals surface area contributed by atoms with E-state index < -0.39 is 5.91 Å². The summed E-state index contributed by atoms with van der Waals surface area (Å²) in [6, 6.07) is 7.19. The van der Waals surface area contributed by atoms with E-state index in [4.69, 9.17) is 9.25 Å². The lowest BCUT2D eigenvalue weighted by Gasteiger charge is -2.09. The zero-order valence-corrected chi connectivity index (χ0v) is 16.8. The van der Waals surface area contributed by atoms with E-state index in [0.717, 1.165) is 52.9 Å². The summed E-state index contributed by atoms with van der Waals surface area (Å²) in [5.41, 5.74) is 5.50. The number of hydrazone groups is 1. The summed E-state index contributed by atoms with van der Waals surface area (Å²) in [6.45, 7) is 1.56. The number of nitrogens with zero attached hydrogens (tertiary/aromatic N) is 2. The number of carbonyl (C=O) groups excluding carboxylic acids is 1. The number of amides is 1. The Labute approximate surface area is 171 Å². The van der Waals surface area contributed by atoms with Crippen LogP contribution in [0.4, 0.5) is 0 Å². The average molecular weight is 411 g/mol. The topological polar surface area (TPSA) is 96.4 Å². The predicted octanol–water partition coefficient (Wildman–Crippen LogP) is 3.97. The number of furan rings is 1. The lowest BCUT2D eigenvalue weighted by Crippen LogP contribution is -2.22. The number of hydrogen-bond acceptors (Lipinski definition) is 7. The molecule has 4 rings (SSSR count). The number of oxime groups is 1. The van der Waals surface area contributed by atoms with Crippen molar-refractivity contribution in [2.24, 2.45) is 10.3 Å². The first-order valence-electron chi connectivity index (χ1n) is 9.42. The zero-order valence-electron chi connectivity index (χ0n) is 16.0. The van der Waals surface area contributed by atoms with Crippen LogP contribution in [-0.2, 0) is 22.5 Å². The Hall–Kier alpha value is -3.13. The highest BCUT2D eigenvalue weighted by Crippen LogP contribution is 2.36. The standard InChI is InChI=1S/C21H21N3O4S/c1-13(19-7-4-10-29-19)24-27-12-20(26)23-22-11-15-16(25)8-9-18-21(15)14-5-2-3-6-17(14)28-18/h4,7-11,25H,2-3,5-6,12H2,1H3,(H,23,26)/b22-11-,24-13+. The first-order chi connectivity index (χ1) is 14.1. The van der Waals surface area contributed by atoms with Gasteiger partial charge in [0.15, 0.2) is 6.61 Å². The summed E-state index contributed by atoms with van der Waals surface area (Å²) in [6.07, 6.45) is 5.45. The molecule has 7 nitrogen and oxygen atoms in total. The van der Waals surface area contributed by atoms with Gasteiger partial charge in [0.2, 0.25) is 0 Å². The van der Waals surface area contributed by atoms with E-state index in [1.807, 2.05) is 24.4 Å². The maximum atomic E-state index is 11.9. The highest BCUT2D eigenvalue weighted by molar-refractivity contribution is 7.12. The Morgan fingerprint density at radius 2 is 2.21 bits per heavy atom. The van der Waals surface area contributed by atoms with E-state index in [0.29, 0.717) is 11.3 Å². The van der Waals surface area contributed by atoms with Gasteiger partial charge in [-0.15, -0.1) is 11.3 Å². The second-order valence-electron chi connectivity index (χ2n) is 6.80. The van der Waals surface area contributed by atoms with Crippen molar-refractivity contribution in [3.05, 3.63) is 51.4 Å². The molecule has 2 aromatic heterocycles. The van der Waals surface area contributed by atoms with E-state index >= 15 is 0 Å². The molecule has 29 heavy (non-hydrogen) atoms. The van der Waals surface area contributed by atoms with Gasteiger partial charge in [-0.3, -0.25) is 4.79 Å². The molecule has 150 valence electrons. The molecule has 0 radical (unpaired) electrons. The Morgan fingerprint density at radius 3 is 3.03 bits per heavy atom. The third-order valence-electron chi connectivity index (χ3n) is 4.79. The van der Waals surface area contributed by atoms with Crippen LogP contribution in [0, 0.1) is 0 Å². The Bertz CT molecular complexity index is 1080. The Kier molecular flexibility index (Phi) is 5.62. The lowest BCUT2D eigenvalue weighted by atomic mass is 9.94. The van der Waals surface area contributed by atoms with Gasteiger partial charge in [0.1, 0.15) is 17.1 Å². The van der Waals surface area contributed by atoms with Crippen molar-refractivity contribution < 1.29 is 19.2 Å². The van der Waals surface area contributed by atoms with E-state index in [1.54, 1.807) is 23.5 Å². The van der Waals surface area contributed by atoms with Crippen molar-refractivity contribution in [2.45, 2.75) is 32.6 Å². The molecular formula is C21H21N3O4S. The molecule has 1 aliphatic carbocycles. The minimum atomic E-state index is -0.440. The molecule has 0 unspecified atom stereocenters. The van der Waals surface area contributed by atoms with Gasteiger partial charge in [-0.1, -0.05) is 11.2 Å². The van der Waals surface area contributed by atoms with Gasteiger partial charge in [-0.2, -0.15) is 5.10 Å². The third kappa shape index (κ3) is 4.17. The minimum absolute atomic E-state index is 0.0945. The van der Waals surface area contributed by atoms with Gasteiger partial charge < -0.3 is 14.4 Å². The van der Waals surface area contributed by atoms with Crippen molar-refractivity contribution in [1.29, 1.82) is 0 Å². The average Bonchev–Trinajstić information content (AvgIpc) is 3.37. The molecule has 0 saturated heterocycles. The fourth-order valence-corrected chi connectivity index (χ4v) is 4.09. The second-order valence-corrected chi connectivity index (χ2v) is 7.75. The van der Waals surface area contributed by atoms with E-state index in [2.05, 4.69) is 15.7 Å². The lowest BCUT2D eigenvalue weighted by molar-refractivity contribution is -0.125. The first kappa shape index (κ1) is 19.2. The Balaban J connectivity index is 1.42. The molecule has 2 heterocycles. The van der Waals surface area contributed by atoms with Crippen molar-refractivity contribution in [1.82, 2.24) is 5.43 Å². The number of nitrogens with one attached hydrogen (secondary N) is 1. The molecule has 0 fully saturated rings. The van der Waals surface area contributed by atoms with Gasteiger partial charge >= 0.3 is 0 Å². The largest absolute Gasteiger partial charge is 0.507 e. The highest BCUT2D eigenvalue weighted by atomic mass is 32.1. The zero-order chi connectivity index (χ0) is 20.2. The predicted molar refractivity (Wildman–Crippen MR) is 113 cm³/mol. The van der Waals surface area contributed by atoms with Crippen LogP contribution in [0.2, 0.25) is 0 Å². The summed E-state index contributed by atoms with van der Waals surface area (Å²) in [5, 5.41) is 21.0. The molecular weight excluding hydrogens is 390 g/mol. The van der Waals surface area contributed by atoms with Crippen molar-refractivity contribution >= 4 is 40.1 Å². The minimum Gasteiger partial charge on any atom is -0.507 e. The van der Waals surface area contributed by atoms with Crippen molar-refractivity contribution in [3.8, 4) is 5.75 Å². The SMILES string of the molecule is C/C(=N\OCC(=O)N/N=C\c1c(O)ccc2oc3c(c12)CCCC3)c1cccs1. The maximum absolute atomic E-state index is 11.9. The van der Waals surface area contributed by atoms with Crippen LogP contribution in [0.5, 0.6) is 5.75 Å². The van der Waals surface area contributed by atoms with Gasteiger partial charge in [0.05, 0.1) is 16.8 Å². The fraction of sp³-hybridized carbons (Fsp3) is 0.286. The maximum Gasteiger partial charge on any atom is 0.280 e. The molecule has 0 spiro atoms. The van der Waals surface area contributed by atoms with Gasteiger partial charge in [0, 0.05) is 22.9 Å². The normalized spacial score (nSPS) is 14.3. The first-order valence-corrected chi connectivity index (χ1v) is 10.3. The van der Waals surface area contributed by atoms with E-state index in [9.17, 15) is 9.90 Å². The number of rotatable bonds is 6. The van der Waals surface area contributed by atoms with Crippen molar-refractivity contribution in [2.75, 3.05) is 6.61 Å². The third-order valence-corrected chi connectivity index (χ3v) is 5.77. The molecule has 3 aromatic rings. The molecule has 0 aliphatic heterocycles. The monoisotopic (exact) mass is 411 g/mol. The van der Waals surface area contributed by atoms with Crippen LogP contribution in [0.1, 0.15) is 41.5 Å². The second kappa shape index (κ2) is 8.48. The quantitative estimate of drug-likeness (QED) is 0.474. The summed E-state index contributed by atoms with van der Waals surface area (Å²) < 4.78 is 5.93. The summed E-state index contributed by atoms with van der Waals surface area (Å²) in [7, 11) is 0. The molecule has 1 aliphatic rings. The number of carbonyl (C=O) groups is 1. The number of hydrogen-bond donors (Lipinski definition) is 2. The molecule has 2 N–H and O–H groups in total. The van der Waals surface area contributed by atoms with Crippen LogP contribution < -0.4 is 5.43 Å². The summed E-state index contributed by atoms with van der Waals surface area (Å²) in [5.74, 6) is 0.630. The molecule has 0 saturated carbocycles.